The number of aliphatic hydroxyl groups is 4. The van der Waals surface area contributed by atoms with Crippen LogP contribution in [0.15, 0.2) is 47.2 Å². The van der Waals surface area contributed by atoms with Gasteiger partial charge >= 0.3 is 0 Å². The van der Waals surface area contributed by atoms with E-state index in [0.717, 1.165) is 9.88 Å². The molecule has 8 nitrogen and oxygen atoms in total. The largest absolute Gasteiger partial charge is 0.463 e. The summed E-state index contributed by atoms with van der Waals surface area (Å²) in [4.78, 5) is 5.28. The third-order valence-corrected chi connectivity index (χ3v) is 6.14. The number of hydrogen-bond donors (Lipinski definition) is 4. The van der Waals surface area contributed by atoms with Crippen LogP contribution in [-0.2, 0) is 11.2 Å². The third-order valence-electron chi connectivity index (χ3n) is 5.13. The van der Waals surface area contributed by atoms with Gasteiger partial charge < -0.3 is 29.6 Å². The summed E-state index contributed by atoms with van der Waals surface area (Å²) in [7, 11) is 0. The number of rotatable bonds is 5. The fourth-order valence-electron chi connectivity index (χ4n) is 3.51. The van der Waals surface area contributed by atoms with Gasteiger partial charge in [-0.15, -0.1) is 11.3 Å². The van der Waals surface area contributed by atoms with Crippen molar-refractivity contribution >= 4 is 11.3 Å². The van der Waals surface area contributed by atoms with Crippen LogP contribution < -0.4 is 0 Å². The van der Waals surface area contributed by atoms with Crippen molar-refractivity contribution in [3.63, 3.8) is 0 Å². The SMILES string of the molecule is N#Cc1ccc(C2O[C@H](CO)[C@@H](O)[C@H](O)C2O)cc1Cc1ncc(-c2ccco2)s1. The van der Waals surface area contributed by atoms with Crippen molar-refractivity contribution in [1.29, 1.82) is 5.26 Å². The molecule has 1 fully saturated rings. The van der Waals surface area contributed by atoms with Crippen molar-refractivity contribution in [1.82, 2.24) is 4.98 Å². The first-order valence-corrected chi connectivity index (χ1v) is 10.2. The Morgan fingerprint density at radius 2 is 1.97 bits per heavy atom. The van der Waals surface area contributed by atoms with Crippen molar-refractivity contribution in [3.05, 3.63) is 64.5 Å². The molecule has 1 aromatic carbocycles. The molecule has 0 aliphatic carbocycles. The molecular formula is C21H20N2O6S. The molecule has 3 aromatic rings. The minimum Gasteiger partial charge on any atom is -0.463 e. The van der Waals surface area contributed by atoms with Crippen LogP contribution in [0.4, 0.5) is 0 Å². The zero-order valence-electron chi connectivity index (χ0n) is 15.8. The number of benzene rings is 1. The molecule has 0 spiro atoms. The lowest BCUT2D eigenvalue weighted by molar-refractivity contribution is -0.231. The average molecular weight is 428 g/mol. The van der Waals surface area contributed by atoms with Gasteiger partial charge in [-0.3, -0.25) is 0 Å². The van der Waals surface area contributed by atoms with Crippen molar-refractivity contribution < 1.29 is 29.6 Å². The maximum absolute atomic E-state index is 10.4. The van der Waals surface area contributed by atoms with Crippen LogP contribution >= 0.6 is 11.3 Å². The van der Waals surface area contributed by atoms with Crippen LogP contribution in [0.2, 0.25) is 0 Å². The summed E-state index contributed by atoms with van der Waals surface area (Å²) in [5.74, 6) is 0.717. The molecule has 4 rings (SSSR count). The summed E-state index contributed by atoms with van der Waals surface area (Å²) in [5, 5.41) is 50.1. The van der Waals surface area contributed by atoms with Crippen LogP contribution in [0.3, 0.4) is 0 Å². The van der Waals surface area contributed by atoms with Gasteiger partial charge in [-0.05, 0) is 29.3 Å². The Balaban J connectivity index is 1.62. The van der Waals surface area contributed by atoms with Gasteiger partial charge in [0.1, 0.15) is 36.3 Å². The number of nitriles is 1. The lowest BCUT2D eigenvalue weighted by Crippen LogP contribution is -2.55. The Bertz CT molecular complexity index is 1040. The molecule has 3 heterocycles. The van der Waals surface area contributed by atoms with E-state index in [4.69, 9.17) is 9.15 Å². The van der Waals surface area contributed by atoms with Gasteiger partial charge in [0.15, 0.2) is 0 Å². The topological polar surface area (TPSA) is 140 Å². The van der Waals surface area contributed by atoms with Crippen molar-refractivity contribution in [3.8, 4) is 16.7 Å². The molecule has 5 atom stereocenters. The molecule has 9 heteroatoms. The van der Waals surface area contributed by atoms with Gasteiger partial charge in [-0.25, -0.2) is 4.98 Å². The number of hydrogen-bond acceptors (Lipinski definition) is 9. The first-order valence-electron chi connectivity index (χ1n) is 9.34. The molecule has 0 radical (unpaired) electrons. The fraction of sp³-hybridized carbons (Fsp3) is 0.333. The first kappa shape index (κ1) is 20.7. The molecule has 0 bridgehead atoms. The Kier molecular flexibility index (Phi) is 5.97. The van der Waals surface area contributed by atoms with Gasteiger partial charge in [0.05, 0.1) is 34.4 Å². The minimum atomic E-state index is -1.46. The van der Waals surface area contributed by atoms with Gasteiger partial charge in [0.2, 0.25) is 0 Å². The molecule has 156 valence electrons. The van der Waals surface area contributed by atoms with E-state index >= 15 is 0 Å². The van der Waals surface area contributed by atoms with E-state index in [0.29, 0.717) is 28.9 Å². The fourth-order valence-corrected chi connectivity index (χ4v) is 4.42. The normalized spacial score (nSPS) is 26.4. The van der Waals surface area contributed by atoms with E-state index in [1.54, 1.807) is 36.7 Å². The highest BCUT2D eigenvalue weighted by atomic mass is 32.1. The maximum Gasteiger partial charge on any atom is 0.145 e. The van der Waals surface area contributed by atoms with Crippen molar-refractivity contribution in [2.45, 2.75) is 36.9 Å². The molecule has 0 saturated carbocycles. The van der Waals surface area contributed by atoms with E-state index in [-0.39, 0.29) is 0 Å². The van der Waals surface area contributed by atoms with Gasteiger partial charge in [-0.1, -0.05) is 12.1 Å². The van der Waals surface area contributed by atoms with Crippen molar-refractivity contribution in [2.24, 2.45) is 0 Å². The van der Waals surface area contributed by atoms with Crippen LogP contribution in [0.5, 0.6) is 0 Å². The highest BCUT2D eigenvalue weighted by molar-refractivity contribution is 7.15. The van der Waals surface area contributed by atoms with Gasteiger partial charge in [0, 0.05) is 12.6 Å². The predicted molar refractivity (Wildman–Crippen MR) is 106 cm³/mol. The molecule has 4 N–H and O–H groups in total. The number of nitrogens with zero attached hydrogens (tertiary/aromatic N) is 2. The summed E-state index contributed by atoms with van der Waals surface area (Å²) >= 11 is 1.45. The molecule has 2 aromatic heterocycles. The van der Waals surface area contributed by atoms with Gasteiger partial charge in [0.25, 0.3) is 0 Å². The lowest BCUT2D eigenvalue weighted by atomic mass is 9.89. The second kappa shape index (κ2) is 8.65. The van der Waals surface area contributed by atoms with E-state index in [1.165, 1.54) is 11.3 Å². The predicted octanol–water partition coefficient (Wildman–Crippen LogP) is 1.38. The van der Waals surface area contributed by atoms with Crippen LogP contribution in [-0.4, -0.2) is 56.4 Å². The monoisotopic (exact) mass is 428 g/mol. The smallest absolute Gasteiger partial charge is 0.145 e. The maximum atomic E-state index is 10.4. The molecule has 1 aliphatic heterocycles. The summed E-state index contributed by atoms with van der Waals surface area (Å²) < 4.78 is 11.0. The molecule has 0 amide bonds. The summed E-state index contributed by atoms with van der Waals surface area (Å²) in [5.41, 5.74) is 1.68. The first-order chi connectivity index (χ1) is 14.5. The number of aromatic nitrogens is 1. The second-order valence-corrected chi connectivity index (χ2v) is 8.17. The molecule has 1 saturated heterocycles. The van der Waals surface area contributed by atoms with E-state index in [2.05, 4.69) is 11.1 Å². The minimum absolute atomic E-state index is 0.388. The quantitative estimate of drug-likeness (QED) is 0.478. The Hall–Kier alpha value is -2.58. The summed E-state index contributed by atoms with van der Waals surface area (Å²) in [6, 6.07) is 10.8. The standard InChI is InChI=1S/C21H20N2O6S/c22-8-12-4-3-11(21-20(27)19(26)18(25)15(10-24)29-21)6-13(12)7-17-23-9-16(30-17)14-2-1-5-28-14/h1-6,9,15,18-21,24-27H,7,10H2/t15-,18-,19+,20?,21?/m1/s1. The number of ether oxygens (including phenoxy) is 1. The summed E-state index contributed by atoms with van der Waals surface area (Å²) in [6.07, 6.45) is -2.53. The Labute approximate surface area is 176 Å². The van der Waals surface area contributed by atoms with Crippen LogP contribution in [0.1, 0.15) is 27.8 Å². The number of aliphatic hydroxyl groups excluding tert-OH is 4. The van der Waals surface area contributed by atoms with Crippen LogP contribution in [0, 0.1) is 11.3 Å². The van der Waals surface area contributed by atoms with Crippen LogP contribution in [0.25, 0.3) is 10.6 Å². The molecule has 30 heavy (non-hydrogen) atoms. The third kappa shape index (κ3) is 3.89. The van der Waals surface area contributed by atoms with E-state index < -0.39 is 37.1 Å². The average Bonchev–Trinajstić information content (AvgIpc) is 3.44. The molecule has 1 aliphatic rings. The molecule has 2 unspecified atom stereocenters. The highest BCUT2D eigenvalue weighted by Gasteiger charge is 2.44. The Morgan fingerprint density at radius 1 is 1.13 bits per heavy atom. The lowest BCUT2D eigenvalue weighted by Gasteiger charge is -2.40. The zero-order valence-corrected chi connectivity index (χ0v) is 16.6. The summed E-state index contributed by atoms with van der Waals surface area (Å²) in [6.45, 7) is -0.501. The molecular weight excluding hydrogens is 408 g/mol. The Morgan fingerprint density at radius 3 is 2.67 bits per heavy atom. The van der Waals surface area contributed by atoms with E-state index in [1.807, 2.05) is 6.07 Å². The zero-order chi connectivity index (χ0) is 21.3. The number of thiazole rings is 1. The van der Waals surface area contributed by atoms with Gasteiger partial charge in [-0.2, -0.15) is 5.26 Å². The number of furan rings is 1. The highest BCUT2D eigenvalue weighted by Crippen LogP contribution is 2.34. The second-order valence-electron chi connectivity index (χ2n) is 7.05. The van der Waals surface area contributed by atoms with Crippen molar-refractivity contribution in [2.75, 3.05) is 6.61 Å². The van der Waals surface area contributed by atoms with E-state index in [9.17, 15) is 25.7 Å².